The Hall–Kier alpha value is -1.02. The Balaban J connectivity index is 2.76. The van der Waals surface area contributed by atoms with Crippen molar-refractivity contribution in [1.29, 1.82) is 0 Å². The molecule has 0 saturated carbocycles. The summed E-state index contributed by atoms with van der Waals surface area (Å²) in [6.07, 6.45) is 1.94. The fourth-order valence-corrected chi connectivity index (χ4v) is 2.00. The van der Waals surface area contributed by atoms with Gasteiger partial charge in [0.05, 0.1) is 12.5 Å². The van der Waals surface area contributed by atoms with Crippen LogP contribution in [0, 0.1) is 5.92 Å². The molecule has 3 heteroatoms. The van der Waals surface area contributed by atoms with Crippen molar-refractivity contribution in [3.63, 3.8) is 0 Å². The Bertz CT molecular complexity index is 371. The first-order valence-corrected chi connectivity index (χ1v) is 6.86. The zero-order valence-electron chi connectivity index (χ0n) is 11.3. The molecule has 0 bridgehead atoms. The van der Waals surface area contributed by atoms with Gasteiger partial charge in [0.15, 0.2) is 0 Å². The molecule has 0 saturated heterocycles. The molecule has 2 nitrogen and oxygen atoms in total. The van der Waals surface area contributed by atoms with Crippen molar-refractivity contribution in [3.8, 4) is 0 Å². The van der Waals surface area contributed by atoms with Gasteiger partial charge in [-0.1, -0.05) is 50.9 Å². The van der Waals surface area contributed by atoms with Gasteiger partial charge in [-0.3, -0.25) is 4.79 Å². The third-order valence-corrected chi connectivity index (χ3v) is 3.14. The summed E-state index contributed by atoms with van der Waals surface area (Å²) in [6, 6.07) is 7.42. The molecule has 0 N–H and O–H groups in total. The van der Waals surface area contributed by atoms with E-state index in [-0.39, 0.29) is 17.8 Å². The second-order valence-corrected chi connectivity index (χ2v) is 5.23. The number of carbonyl (C=O) groups is 1. The topological polar surface area (TPSA) is 26.3 Å². The van der Waals surface area contributed by atoms with Crippen molar-refractivity contribution >= 4 is 17.6 Å². The first-order chi connectivity index (χ1) is 8.56. The third-order valence-electron chi connectivity index (χ3n) is 2.89. The largest absolute Gasteiger partial charge is 0.465 e. The Kier molecular flexibility index (Phi) is 6.20. The van der Waals surface area contributed by atoms with Crippen LogP contribution in [0.2, 0.25) is 5.02 Å². The summed E-state index contributed by atoms with van der Waals surface area (Å²) in [4.78, 5) is 12.1. The Labute approximate surface area is 114 Å². The van der Waals surface area contributed by atoms with E-state index in [0.717, 1.165) is 18.4 Å². The maximum absolute atomic E-state index is 12.1. The van der Waals surface area contributed by atoms with E-state index in [0.29, 0.717) is 11.6 Å². The monoisotopic (exact) mass is 268 g/mol. The van der Waals surface area contributed by atoms with Gasteiger partial charge in [-0.15, -0.1) is 0 Å². The first-order valence-electron chi connectivity index (χ1n) is 6.48. The normalized spacial score (nSPS) is 12.5. The summed E-state index contributed by atoms with van der Waals surface area (Å²) in [7, 11) is 0. The second-order valence-electron chi connectivity index (χ2n) is 4.79. The Morgan fingerprint density at radius 3 is 2.39 bits per heavy atom. The molecule has 1 atom stereocenters. The van der Waals surface area contributed by atoms with Crippen LogP contribution in [0.5, 0.6) is 0 Å². The summed E-state index contributed by atoms with van der Waals surface area (Å²) >= 11 is 5.86. The minimum absolute atomic E-state index is 0.138. The third kappa shape index (κ3) is 4.34. The van der Waals surface area contributed by atoms with Gasteiger partial charge in [-0.2, -0.15) is 0 Å². The molecule has 0 aromatic heterocycles. The lowest BCUT2D eigenvalue weighted by Gasteiger charge is -2.19. The van der Waals surface area contributed by atoms with Crippen molar-refractivity contribution in [2.24, 2.45) is 5.92 Å². The van der Waals surface area contributed by atoms with Crippen molar-refractivity contribution in [1.82, 2.24) is 0 Å². The molecule has 0 aliphatic carbocycles. The highest BCUT2D eigenvalue weighted by Gasteiger charge is 2.25. The number of rotatable bonds is 6. The zero-order chi connectivity index (χ0) is 13.5. The number of hydrogen-bond donors (Lipinski definition) is 0. The summed E-state index contributed by atoms with van der Waals surface area (Å²) in [5.41, 5.74) is 0.968. The quantitative estimate of drug-likeness (QED) is 0.564. The van der Waals surface area contributed by atoms with E-state index in [1.165, 1.54) is 0 Å². The number of esters is 1. The van der Waals surface area contributed by atoms with Gasteiger partial charge in [0.25, 0.3) is 0 Å². The second kappa shape index (κ2) is 7.42. The molecule has 0 spiro atoms. The van der Waals surface area contributed by atoms with Gasteiger partial charge in [0, 0.05) is 5.02 Å². The maximum atomic E-state index is 12.1. The van der Waals surface area contributed by atoms with E-state index in [4.69, 9.17) is 16.3 Å². The van der Waals surface area contributed by atoms with Crippen LogP contribution in [0.4, 0.5) is 0 Å². The number of unbranched alkanes of at least 4 members (excludes halogenated alkanes) is 1. The van der Waals surface area contributed by atoms with Crippen LogP contribution in [0.1, 0.15) is 45.1 Å². The zero-order valence-corrected chi connectivity index (χ0v) is 12.0. The van der Waals surface area contributed by atoms with Crippen molar-refractivity contribution in [2.75, 3.05) is 6.61 Å². The minimum Gasteiger partial charge on any atom is -0.465 e. The van der Waals surface area contributed by atoms with Gasteiger partial charge in [-0.25, -0.2) is 0 Å². The van der Waals surface area contributed by atoms with Crippen LogP contribution in [0.15, 0.2) is 24.3 Å². The number of ether oxygens (including phenoxy) is 1. The van der Waals surface area contributed by atoms with Crippen LogP contribution in [-0.2, 0) is 9.53 Å². The molecule has 100 valence electrons. The lowest BCUT2D eigenvalue weighted by atomic mass is 9.88. The molecule has 0 aliphatic rings. The summed E-state index contributed by atoms with van der Waals surface area (Å²) in [5.74, 6) is -0.139. The lowest BCUT2D eigenvalue weighted by Crippen LogP contribution is -2.21. The Morgan fingerprint density at radius 1 is 1.28 bits per heavy atom. The van der Waals surface area contributed by atoms with E-state index < -0.39 is 0 Å². The predicted octanol–water partition coefficient (Wildman–Crippen LogP) is 4.42. The van der Waals surface area contributed by atoms with Gasteiger partial charge >= 0.3 is 5.97 Å². The fraction of sp³-hybridized carbons (Fsp3) is 0.533. The van der Waals surface area contributed by atoms with Crippen LogP contribution >= 0.6 is 11.6 Å². The van der Waals surface area contributed by atoms with E-state index in [1.807, 2.05) is 38.1 Å². The summed E-state index contributed by atoms with van der Waals surface area (Å²) < 4.78 is 5.32. The first kappa shape index (κ1) is 15.0. The molecule has 18 heavy (non-hydrogen) atoms. The standard InChI is InChI=1S/C15H21ClO2/c1-4-5-10-18-15(17)14(11(2)3)12-6-8-13(16)9-7-12/h6-9,11,14H,4-5,10H2,1-3H3. The smallest absolute Gasteiger partial charge is 0.313 e. The molecule has 1 aromatic carbocycles. The van der Waals surface area contributed by atoms with E-state index >= 15 is 0 Å². The van der Waals surface area contributed by atoms with Gasteiger partial charge in [0.1, 0.15) is 0 Å². The minimum atomic E-state index is -0.209. The van der Waals surface area contributed by atoms with Gasteiger partial charge in [-0.05, 0) is 30.0 Å². The van der Waals surface area contributed by atoms with Crippen molar-refractivity contribution in [3.05, 3.63) is 34.9 Å². The highest BCUT2D eigenvalue weighted by atomic mass is 35.5. The van der Waals surface area contributed by atoms with Crippen LogP contribution in [0.3, 0.4) is 0 Å². The van der Waals surface area contributed by atoms with E-state index in [1.54, 1.807) is 0 Å². The number of hydrogen-bond acceptors (Lipinski definition) is 2. The van der Waals surface area contributed by atoms with Crippen LogP contribution in [0.25, 0.3) is 0 Å². The molecule has 1 rings (SSSR count). The molecule has 0 radical (unpaired) electrons. The summed E-state index contributed by atoms with van der Waals surface area (Å²) in [6.45, 7) is 6.64. The van der Waals surface area contributed by atoms with Crippen molar-refractivity contribution in [2.45, 2.75) is 39.5 Å². The van der Waals surface area contributed by atoms with E-state index in [2.05, 4.69) is 6.92 Å². The molecular formula is C15H21ClO2. The molecule has 0 aliphatic heterocycles. The molecule has 1 aromatic rings. The van der Waals surface area contributed by atoms with Crippen LogP contribution < -0.4 is 0 Å². The van der Waals surface area contributed by atoms with E-state index in [9.17, 15) is 4.79 Å². The number of halogens is 1. The maximum Gasteiger partial charge on any atom is 0.313 e. The van der Waals surface area contributed by atoms with Gasteiger partial charge < -0.3 is 4.74 Å². The predicted molar refractivity (Wildman–Crippen MR) is 74.9 cm³/mol. The lowest BCUT2D eigenvalue weighted by molar-refractivity contribution is -0.146. The molecule has 0 amide bonds. The molecular weight excluding hydrogens is 248 g/mol. The number of benzene rings is 1. The number of carbonyl (C=O) groups excluding carboxylic acids is 1. The Morgan fingerprint density at radius 2 is 1.89 bits per heavy atom. The van der Waals surface area contributed by atoms with Gasteiger partial charge in [0.2, 0.25) is 0 Å². The van der Waals surface area contributed by atoms with Crippen molar-refractivity contribution < 1.29 is 9.53 Å². The summed E-state index contributed by atoms with van der Waals surface area (Å²) in [5, 5.41) is 0.681. The average molecular weight is 269 g/mol. The molecule has 0 fully saturated rings. The average Bonchev–Trinajstić information content (AvgIpc) is 2.32. The highest BCUT2D eigenvalue weighted by Crippen LogP contribution is 2.27. The SMILES string of the molecule is CCCCOC(=O)C(c1ccc(Cl)cc1)C(C)C. The molecule has 1 unspecified atom stereocenters. The molecule has 0 heterocycles. The van der Waals surface area contributed by atoms with Crippen LogP contribution in [-0.4, -0.2) is 12.6 Å². The fourth-order valence-electron chi connectivity index (χ4n) is 1.87. The highest BCUT2D eigenvalue weighted by molar-refractivity contribution is 6.30.